The SMILES string of the molecule is CC(C)(C)OC(=O)N[C@H]1CCCCCC=C[C@@H]2C[C@@]2(C(=O)NS(=O)(=O)Cc2cc(F)ccc2F)NC(=O)[C@@H]2C[C@@H](OC(=O)N3Cc4cccc(F)c4C3)CN2C1=O. The predicted octanol–water partition coefficient (Wildman–Crippen LogP) is 4.46. The van der Waals surface area contributed by atoms with Gasteiger partial charge in [-0.2, -0.15) is 0 Å². The molecule has 2 fully saturated rings. The molecule has 14 nitrogen and oxygen atoms in total. The molecule has 308 valence electrons. The Kier molecular flexibility index (Phi) is 11.9. The first-order valence-corrected chi connectivity index (χ1v) is 20.5. The molecule has 3 heterocycles. The van der Waals surface area contributed by atoms with Crippen LogP contribution >= 0.6 is 0 Å². The fraction of sp³-hybridized carbons (Fsp3) is 0.513. The van der Waals surface area contributed by atoms with Crippen LogP contribution in [0.2, 0.25) is 0 Å². The molecule has 0 spiro atoms. The number of amides is 5. The zero-order valence-electron chi connectivity index (χ0n) is 31.8. The minimum absolute atomic E-state index is 0.0150. The van der Waals surface area contributed by atoms with Gasteiger partial charge in [-0.25, -0.2) is 31.2 Å². The second kappa shape index (κ2) is 16.4. The quantitative estimate of drug-likeness (QED) is 0.355. The number of rotatable bonds is 6. The first kappa shape index (κ1) is 41.5. The molecular weight excluding hydrogens is 772 g/mol. The van der Waals surface area contributed by atoms with Crippen LogP contribution < -0.4 is 15.4 Å². The number of alkyl carbamates (subject to hydrolysis) is 1. The van der Waals surface area contributed by atoms with Crippen molar-refractivity contribution in [3.8, 4) is 0 Å². The van der Waals surface area contributed by atoms with Crippen LogP contribution in [0.1, 0.15) is 82.4 Å². The molecule has 5 amide bonds. The molecule has 6 rings (SSSR count). The summed E-state index contributed by atoms with van der Waals surface area (Å²) in [6.07, 6.45) is 3.13. The first-order valence-electron chi connectivity index (χ1n) is 18.8. The van der Waals surface area contributed by atoms with Crippen molar-refractivity contribution in [3.05, 3.63) is 82.7 Å². The summed E-state index contributed by atoms with van der Waals surface area (Å²) in [5.74, 6) is -6.72. The number of benzene rings is 2. The number of hydrogen-bond donors (Lipinski definition) is 3. The molecule has 0 aromatic heterocycles. The van der Waals surface area contributed by atoms with E-state index in [0.717, 1.165) is 17.0 Å². The summed E-state index contributed by atoms with van der Waals surface area (Å²) < 4.78 is 82.0. The van der Waals surface area contributed by atoms with Gasteiger partial charge < -0.3 is 25.0 Å². The molecule has 0 bridgehead atoms. The molecule has 1 saturated heterocycles. The Labute approximate surface area is 328 Å². The highest BCUT2D eigenvalue weighted by atomic mass is 32.2. The third-order valence-corrected chi connectivity index (χ3v) is 11.6. The van der Waals surface area contributed by atoms with E-state index in [1.807, 2.05) is 10.8 Å². The van der Waals surface area contributed by atoms with Crippen molar-refractivity contribution < 1.29 is 55.0 Å². The normalized spacial score (nSPS) is 25.2. The highest BCUT2D eigenvalue weighted by molar-refractivity contribution is 7.89. The van der Waals surface area contributed by atoms with Gasteiger partial charge in [-0.3, -0.25) is 24.0 Å². The molecule has 3 aliphatic heterocycles. The Morgan fingerprint density at radius 3 is 2.53 bits per heavy atom. The van der Waals surface area contributed by atoms with Crippen LogP contribution in [0.3, 0.4) is 0 Å². The lowest BCUT2D eigenvalue weighted by atomic mass is 10.0. The first-order chi connectivity index (χ1) is 26.8. The maximum absolute atomic E-state index is 14.5. The van der Waals surface area contributed by atoms with Crippen LogP contribution in [-0.4, -0.2) is 84.0 Å². The summed E-state index contributed by atoms with van der Waals surface area (Å²) in [6, 6.07) is 4.28. The second-order valence-corrected chi connectivity index (χ2v) is 17.7. The zero-order chi connectivity index (χ0) is 41.3. The topological polar surface area (TPSA) is 181 Å². The minimum Gasteiger partial charge on any atom is -0.444 e. The van der Waals surface area contributed by atoms with E-state index in [1.54, 1.807) is 32.9 Å². The summed E-state index contributed by atoms with van der Waals surface area (Å²) in [5, 5.41) is 5.30. The van der Waals surface area contributed by atoms with E-state index in [-0.39, 0.29) is 38.9 Å². The third-order valence-electron chi connectivity index (χ3n) is 10.4. The number of nitrogens with zero attached hydrogens (tertiary/aromatic N) is 2. The largest absolute Gasteiger partial charge is 0.444 e. The molecule has 2 aromatic carbocycles. The summed E-state index contributed by atoms with van der Waals surface area (Å²) in [4.78, 5) is 71.2. The Morgan fingerprint density at radius 1 is 1.02 bits per heavy atom. The number of ether oxygens (including phenoxy) is 2. The van der Waals surface area contributed by atoms with Crippen molar-refractivity contribution in [3.63, 3.8) is 0 Å². The molecule has 3 N–H and O–H groups in total. The molecular formula is C39H46F3N5O9S. The fourth-order valence-corrected chi connectivity index (χ4v) is 8.64. The smallest absolute Gasteiger partial charge is 0.410 e. The van der Waals surface area contributed by atoms with Gasteiger partial charge in [-0.1, -0.05) is 37.1 Å². The number of fused-ring (bicyclic) bond motifs is 3. The number of halogens is 3. The molecule has 4 aliphatic rings. The highest BCUT2D eigenvalue weighted by Crippen LogP contribution is 2.46. The number of allylic oxidation sites excluding steroid dienone is 1. The summed E-state index contributed by atoms with van der Waals surface area (Å²) in [5.41, 5.74) is -2.24. The number of hydrogen-bond acceptors (Lipinski definition) is 9. The van der Waals surface area contributed by atoms with Crippen LogP contribution in [0.5, 0.6) is 0 Å². The molecule has 57 heavy (non-hydrogen) atoms. The number of nitrogens with one attached hydrogen (secondary N) is 3. The average Bonchev–Trinajstić information content (AvgIpc) is 3.40. The van der Waals surface area contributed by atoms with Gasteiger partial charge >= 0.3 is 12.2 Å². The maximum atomic E-state index is 14.5. The standard InChI is InChI=1S/C39H46F3N5O9S/c1-38(2,3)56-36(51)43-31-13-8-6-4-5-7-11-25-18-39(25,35(50)45-57(53,54)22-24-16-26(40)14-15-29(24)41)44-33(48)32-17-27(20-47(32)34(31)49)55-37(52)46-19-23-10-9-12-30(42)28(23)21-46/h7,9-12,14-16,25,27,31-32H,4-6,8,13,17-22H2,1-3H3,(H,43,51)(H,44,48)(H,45,50)/t25-,27-,31+,32+,39-/m1/s1. The summed E-state index contributed by atoms with van der Waals surface area (Å²) in [6.45, 7) is 4.73. The van der Waals surface area contributed by atoms with Gasteiger partial charge in [0.05, 0.1) is 18.8 Å². The molecule has 1 aliphatic carbocycles. The van der Waals surface area contributed by atoms with Crippen LogP contribution in [-0.2, 0) is 52.7 Å². The van der Waals surface area contributed by atoms with Gasteiger partial charge in [0.25, 0.3) is 5.91 Å². The molecule has 5 atom stereocenters. The monoisotopic (exact) mass is 817 g/mol. The van der Waals surface area contributed by atoms with Gasteiger partial charge in [0, 0.05) is 30.0 Å². The van der Waals surface area contributed by atoms with Gasteiger partial charge in [0.2, 0.25) is 21.8 Å². The Bertz CT molecular complexity index is 2080. The third kappa shape index (κ3) is 9.88. The number of carbonyl (C=O) groups excluding carboxylic acids is 5. The van der Waals surface area contributed by atoms with Crippen molar-refractivity contribution >= 4 is 39.9 Å². The van der Waals surface area contributed by atoms with E-state index < -0.39 is 104 Å². The van der Waals surface area contributed by atoms with E-state index in [0.29, 0.717) is 42.9 Å². The predicted molar refractivity (Wildman–Crippen MR) is 198 cm³/mol. The van der Waals surface area contributed by atoms with Gasteiger partial charge in [0.15, 0.2) is 0 Å². The zero-order valence-corrected chi connectivity index (χ0v) is 32.6. The van der Waals surface area contributed by atoms with Crippen LogP contribution in [0.15, 0.2) is 48.6 Å². The lowest BCUT2D eigenvalue weighted by Gasteiger charge is -2.30. The molecule has 2 aromatic rings. The summed E-state index contributed by atoms with van der Waals surface area (Å²) >= 11 is 0. The van der Waals surface area contributed by atoms with Crippen molar-refractivity contribution in [1.29, 1.82) is 0 Å². The van der Waals surface area contributed by atoms with E-state index in [9.17, 15) is 45.6 Å². The van der Waals surface area contributed by atoms with E-state index >= 15 is 0 Å². The van der Waals surface area contributed by atoms with Crippen molar-refractivity contribution in [2.24, 2.45) is 5.92 Å². The van der Waals surface area contributed by atoms with Crippen molar-refractivity contribution in [1.82, 2.24) is 25.2 Å². The Morgan fingerprint density at radius 2 is 1.79 bits per heavy atom. The van der Waals surface area contributed by atoms with Crippen LogP contribution in [0.4, 0.5) is 22.8 Å². The van der Waals surface area contributed by atoms with Crippen molar-refractivity contribution in [2.75, 3.05) is 6.54 Å². The van der Waals surface area contributed by atoms with Gasteiger partial charge in [-0.05, 0) is 76.3 Å². The number of sulfonamides is 1. The minimum atomic E-state index is -4.61. The molecule has 18 heteroatoms. The van der Waals surface area contributed by atoms with E-state index in [4.69, 9.17) is 9.47 Å². The maximum Gasteiger partial charge on any atom is 0.410 e. The highest BCUT2D eigenvalue weighted by Gasteiger charge is 2.61. The van der Waals surface area contributed by atoms with Gasteiger partial charge in [-0.15, -0.1) is 0 Å². The lowest BCUT2D eigenvalue weighted by molar-refractivity contribution is -0.141. The van der Waals surface area contributed by atoms with E-state index in [2.05, 4.69) is 10.6 Å². The van der Waals surface area contributed by atoms with Crippen molar-refractivity contribution in [2.45, 2.75) is 114 Å². The van der Waals surface area contributed by atoms with Gasteiger partial charge in [0.1, 0.15) is 46.8 Å². The number of carbonyl (C=O) groups is 5. The lowest BCUT2D eigenvalue weighted by Crippen LogP contribution is -2.58. The molecule has 0 unspecified atom stereocenters. The van der Waals surface area contributed by atoms with Crippen LogP contribution in [0, 0.1) is 23.4 Å². The Hall–Kier alpha value is -5.13. The average molecular weight is 818 g/mol. The van der Waals surface area contributed by atoms with Crippen LogP contribution in [0.25, 0.3) is 0 Å². The van der Waals surface area contributed by atoms with E-state index in [1.165, 1.54) is 17.0 Å². The summed E-state index contributed by atoms with van der Waals surface area (Å²) in [7, 11) is -4.61. The Balaban J connectivity index is 1.26. The fourth-order valence-electron chi connectivity index (χ4n) is 7.47. The second-order valence-electron chi connectivity index (χ2n) is 15.9. The molecule has 0 radical (unpaired) electrons. The molecule has 1 saturated carbocycles.